The van der Waals surface area contributed by atoms with Crippen molar-refractivity contribution < 1.29 is 17.6 Å². The van der Waals surface area contributed by atoms with E-state index in [4.69, 9.17) is 4.42 Å². The lowest BCUT2D eigenvalue weighted by Crippen LogP contribution is -2.64. The summed E-state index contributed by atoms with van der Waals surface area (Å²) in [6.45, 7) is 2.64. The number of hydrogen-bond acceptors (Lipinski definition) is 7. The highest BCUT2D eigenvalue weighted by atomic mass is 32.2. The molecule has 2 aliphatic heterocycles. The van der Waals surface area contributed by atoms with Crippen molar-refractivity contribution in [3.8, 4) is 10.6 Å². The van der Waals surface area contributed by atoms with Crippen LogP contribution in [0, 0.1) is 0 Å². The van der Waals surface area contributed by atoms with Crippen LogP contribution in [-0.4, -0.2) is 79.2 Å². The van der Waals surface area contributed by atoms with Crippen molar-refractivity contribution in [2.45, 2.75) is 10.3 Å². The summed E-state index contributed by atoms with van der Waals surface area (Å²) in [5, 5.41) is 0. The van der Waals surface area contributed by atoms with Crippen LogP contribution < -0.4 is 0 Å². The SMILES string of the molecule is CN1CCN2CCN(S(=O)(=O)c3ccc(-c4cnco4)s3)CC2C1=O. The molecule has 2 aromatic rings. The number of hydrogen-bond donors (Lipinski definition) is 0. The Morgan fingerprint density at radius 3 is 2.80 bits per heavy atom. The standard InChI is InChI=1S/C15H18N4O4S2/c1-17-4-5-18-6-7-19(9-11(18)15(17)20)25(21,22)14-3-2-13(24-14)12-8-16-10-23-12/h2-3,8,10-11H,4-7,9H2,1H3. The minimum atomic E-state index is -3.63. The third kappa shape index (κ3) is 2.88. The lowest BCUT2D eigenvalue weighted by molar-refractivity contribution is -0.142. The molecule has 0 radical (unpaired) electrons. The molecule has 1 unspecified atom stereocenters. The quantitative estimate of drug-likeness (QED) is 0.771. The van der Waals surface area contributed by atoms with Crippen LogP contribution in [0.1, 0.15) is 0 Å². The molecule has 134 valence electrons. The highest BCUT2D eigenvalue weighted by Crippen LogP contribution is 2.33. The normalized spacial score (nSPS) is 23.0. The van der Waals surface area contributed by atoms with E-state index in [9.17, 15) is 13.2 Å². The van der Waals surface area contributed by atoms with Gasteiger partial charge in [0.05, 0.1) is 11.1 Å². The number of aromatic nitrogens is 1. The number of carbonyl (C=O) groups excluding carboxylic acids is 1. The third-order valence-electron chi connectivity index (χ3n) is 4.69. The molecule has 1 atom stereocenters. The van der Waals surface area contributed by atoms with E-state index in [-0.39, 0.29) is 16.7 Å². The van der Waals surface area contributed by atoms with E-state index in [2.05, 4.69) is 9.88 Å². The molecule has 10 heteroatoms. The Bertz CT molecular complexity index is 877. The molecule has 0 aromatic carbocycles. The molecular formula is C15H18N4O4S2. The summed E-state index contributed by atoms with van der Waals surface area (Å²) in [5.41, 5.74) is 0. The van der Waals surface area contributed by atoms with E-state index >= 15 is 0 Å². The van der Waals surface area contributed by atoms with Gasteiger partial charge in [0.2, 0.25) is 5.91 Å². The van der Waals surface area contributed by atoms with Crippen LogP contribution in [0.4, 0.5) is 0 Å². The van der Waals surface area contributed by atoms with Crippen LogP contribution in [0.3, 0.4) is 0 Å². The molecule has 2 aromatic heterocycles. The van der Waals surface area contributed by atoms with Gasteiger partial charge >= 0.3 is 0 Å². The fourth-order valence-corrected chi connectivity index (χ4v) is 6.07. The highest BCUT2D eigenvalue weighted by Gasteiger charge is 2.41. The third-order valence-corrected chi connectivity index (χ3v) is 8.12. The largest absolute Gasteiger partial charge is 0.443 e. The molecule has 0 spiro atoms. The summed E-state index contributed by atoms with van der Waals surface area (Å²) in [6, 6.07) is 2.91. The van der Waals surface area contributed by atoms with Gasteiger partial charge in [0.25, 0.3) is 10.0 Å². The van der Waals surface area contributed by atoms with Gasteiger partial charge < -0.3 is 9.32 Å². The van der Waals surface area contributed by atoms with E-state index < -0.39 is 16.1 Å². The second-order valence-corrected chi connectivity index (χ2v) is 9.41. The molecule has 0 N–H and O–H groups in total. The van der Waals surface area contributed by atoms with E-state index in [1.807, 2.05) is 0 Å². The Labute approximate surface area is 149 Å². The fraction of sp³-hybridized carbons (Fsp3) is 0.467. The minimum Gasteiger partial charge on any atom is -0.443 e. The van der Waals surface area contributed by atoms with Gasteiger partial charge in [0, 0.05) is 39.8 Å². The zero-order valence-electron chi connectivity index (χ0n) is 13.7. The molecule has 0 bridgehead atoms. The minimum absolute atomic E-state index is 0.0142. The van der Waals surface area contributed by atoms with Crippen molar-refractivity contribution in [2.24, 2.45) is 0 Å². The maximum Gasteiger partial charge on any atom is 0.252 e. The number of thiophene rings is 1. The molecule has 0 saturated carbocycles. The molecule has 2 aliphatic rings. The number of piperazine rings is 2. The zero-order chi connectivity index (χ0) is 17.6. The molecule has 1 amide bonds. The van der Waals surface area contributed by atoms with Crippen molar-refractivity contribution in [3.05, 3.63) is 24.7 Å². The van der Waals surface area contributed by atoms with Gasteiger partial charge in [-0.25, -0.2) is 13.4 Å². The first kappa shape index (κ1) is 16.7. The molecule has 25 heavy (non-hydrogen) atoms. The first-order valence-corrected chi connectivity index (χ1v) is 10.2. The number of nitrogens with zero attached hydrogens (tertiary/aromatic N) is 4. The molecule has 2 saturated heterocycles. The number of carbonyl (C=O) groups is 1. The van der Waals surface area contributed by atoms with Crippen molar-refractivity contribution >= 4 is 27.3 Å². The van der Waals surface area contributed by atoms with Crippen LogP contribution in [0.15, 0.2) is 33.3 Å². The van der Waals surface area contributed by atoms with Crippen LogP contribution in [0.25, 0.3) is 10.6 Å². The lowest BCUT2D eigenvalue weighted by Gasteiger charge is -2.44. The molecule has 8 nitrogen and oxygen atoms in total. The van der Waals surface area contributed by atoms with Crippen molar-refractivity contribution in [2.75, 3.05) is 39.8 Å². The summed E-state index contributed by atoms with van der Waals surface area (Å²) >= 11 is 1.15. The monoisotopic (exact) mass is 382 g/mol. The van der Waals surface area contributed by atoms with E-state index in [1.165, 1.54) is 10.7 Å². The second kappa shape index (κ2) is 6.20. The van der Waals surface area contributed by atoms with Crippen LogP contribution in [0.2, 0.25) is 0 Å². The topological polar surface area (TPSA) is 87.0 Å². The van der Waals surface area contributed by atoms with Gasteiger partial charge in [-0.2, -0.15) is 4.31 Å². The lowest BCUT2D eigenvalue weighted by atomic mass is 10.1. The van der Waals surface area contributed by atoms with Gasteiger partial charge in [-0.05, 0) is 12.1 Å². The van der Waals surface area contributed by atoms with Crippen molar-refractivity contribution in [1.29, 1.82) is 0 Å². The molecular weight excluding hydrogens is 364 g/mol. The van der Waals surface area contributed by atoms with Gasteiger partial charge in [0.15, 0.2) is 12.2 Å². The Morgan fingerprint density at radius 2 is 2.04 bits per heavy atom. The molecule has 0 aliphatic carbocycles. The van der Waals surface area contributed by atoms with E-state index in [1.54, 1.807) is 30.3 Å². The summed E-state index contributed by atoms with van der Waals surface area (Å²) in [7, 11) is -1.87. The number of rotatable bonds is 3. The first-order chi connectivity index (χ1) is 12.0. The smallest absolute Gasteiger partial charge is 0.252 e. The maximum absolute atomic E-state index is 13.0. The van der Waals surface area contributed by atoms with Gasteiger partial charge in [-0.3, -0.25) is 9.69 Å². The Hall–Kier alpha value is -1.75. The predicted octanol–water partition coefficient (Wildman–Crippen LogP) is 0.550. The second-order valence-electron chi connectivity index (χ2n) is 6.16. The predicted molar refractivity (Wildman–Crippen MR) is 91.6 cm³/mol. The number of oxazole rings is 1. The Morgan fingerprint density at radius 1 is 1.24 bits per heavy atom. The Kier molecular flexibility index (Phi) is 4.14. The highest BCUT2D eigenvalue weighted by molar-refractivity contribution is 7.91. The average molecular weight is 382 g/mol. The summed E-state index contributed by atoms with van der Waals surface area (Å²) < 4.78 is 32.9. The molecule has 4 rings (SSSR count). The number of likely N-dealkylation sites (N-methyl/N-ethyl adjacent to an activating group) is 1. The first-order valence-electron chi connectivity index (χ1n) is 7.95. The number of amides is 1. The van der Waals surface area contributed by atoms with Crippen LogP contribution in [-0.2, 0) is 14.8 Å². The van der Waals surface area contributed by atoms with Crippen molar-refractivity contribution in [3.63, 3.8) is 0 Å². The van der Waals surface area contributed by atoms with E-state index in [0.717, 1.165) is 17.9 Å². The van der Waals surface area contributed by atoms with Gasteiger partial charge in [-0.1, -0.05) is 0 Å². The fourth-order valence-electron chi connectivity index (χ4n) is 3.21. The van der Waals surface area contributed by atoms with Gasteiger partial charge in [-0.15, -0.1) is 11.3 Å². The number of sulfonamides is 1. The average Bonchev–Trinajstić information content (AvgIpc) is 3.29. The van der Waals surface area contributed by atoms with Crippen molar-refractivity contribution in [1.82, 2.24) is 19.1 Å². The number of fused-ring (bicyclic) bond motifs is 1. The maximum atomic E-state index is 13.0. The summed E-state index contributed by atoms with van der Waals surface area (Å²) in [4.78, 5) is 20.7. The summed E-state index contributed by atoms with van der Waals surface area (Å²) in [6.07, 6.45) is 2.87. The van der Waals surface area contributed by atoms with Crippen LogP contribution >= 0.6 is 11.3 Å². The van der Waals surface area contributed by atoms with Gasteiger partial charge in [0.1, 0.15) is 10.3 Å². The van der Waals surface area contributed by atoms with Crippen LogP contribution in [0.5, 0.6) is 0 Å². The molecule has 2 fully saturated rings. The zero-order valence-corrected chi connectivity index (χ0v) is 15.3. The Balaban J connectivity index is 1.57. The van der Waals surface area contributed by atoms with E-state index in [0.29, 0.717) is 30.3 Å². The summed E-state index contributed by atoms with van der Waals surface area (Å²) in [5.74, 6) is 0.528. The molecule has 4 heterocycles.